The standard InChI is InChI=1S/C13H12FNO3/c1-2-10(13(16)17)5-6-18-12-4-3-9(8-15)7-11(12)14/h3-5,7H,2,6H2,1H3,(H,16,17)/b10-5-. The third-order valence-electron chi connectivity index (χ3n) is 2.29. The molecule has 0 atom stereocenters. The van der Waals surface area contributed by atoms with Crippen LogP contribution in [0.3, 0.4) is 0 Å². The molecule has 0 radical (unpaired) electrons. The number of halogens is 1. The van der Waals surface area contributed by atoms with Crippen LogP contribution in [0.2, 0.25) is 0 Å². The van der Waals surface area contributed by atoms with E-state index in [1.807, 2.05) is 6.07 Å². The lowest BCUT2D eigenvalue weighted by atomic mass is 10.2. The molecule has 0 unspecified atom stereocenters. The molecule has 0 aliphatic heterocycles. The Kier molecular flexibility index (Phi) is 4.88. The molecule has 1 aromatic carbocycles. The van der Waals surface area contributed by atoms with E-state index in [2.05, 4.69) is 0 Å². The van der Waals surface area contributed by atoms with Gasteiger partial charge in [0.25, 0.3) is 0 Å². The lowest BCUT2D eigenvalue weighted by Gasteiger charge is -2.05. The van der Waals surface area contributed by atoms with Gasteiger partial charge in [-0.2, -0.15) is 5.26 Å². The van der Waals surface area contributed by atoms with Crippen molar-refractivity contribution in [3.05, 3.63) is 41.2 Å². The van der Waals surface area contributed by atoms with Gasteiger partial charge in [-0.15, -0.1) is 0 Å². The van der Waals surface area contributed by atoms with Gasteiger partial charge < -0.3 is 9.84 Å². The van der Waals surface area contributed by atoms with E-state index in [1.165, 1.54) is 18.2 Å². The second kappa shape index (κ2) is 6.40. The van der Waals surface area contributed by atoms with Crippen LogP contribution < -0.4 is 4.74 Å². The summed E-state index contributed by atoms with van der Waals surface area (Å²) in [7, 11) is 0. The average Bonchev–Trinajstić information content (AvgIpc) is 2.35. The summed E-state index contributed by atoms with van der Waals surface area (Å²) < 4.78 is 18.5. The minimum atomic E-state index is -1.01. The number of carbonyl (C=O) groups is 1. The maximum Gasteiger partial charge on any atom is 0.331 e. The molecular weight excluding hydrogens is 237 g/mol. The highest BCUT2D eigenvalue weighted by molar-refractivity contribution is 5.86. The largest absolute Gasteiger partial charge is 0.486 e. The van der Waals surface area contributed by atoms with E-state index in [4.69, 9.17) is 15.1 Å². The van der Waals surface area contributed by atoms with Crippen LogP contribution in [-0.4, -0.2) is 17.7 Å². The van der Waals surface area contributed by atoms with E-state index in [1.54, 1.807) is 6.92 Å². The van der Waals surface area contributed by atoms with Gasteiger partial charge >= 0.3 is 5.97 Å². The van der Waals surface area contributed by atoms with Crippen LogP contribution in [0.15, 0.2) is 29.8 Å². The Morgan fingerprint density at radius 3 is 2.83 bits per heavy atom. The minimum absolute atomic E-state index is 0.00825. The fourth-order valence-corrected chi connectivity index (χ4v) is 1.30. The Balaban J connectivity index is 2.70. The highest BCUT2D eigenvalue weighted by atomic mass is 19.1. The van der Waals surface area contributed by atoms with Gasteiger partial charge in [0.2, 0.25) is 0 Å². The first-order chi connectivity index (χ1) is 8.58. The quantitative estimate of drug-likeness (QED) is 0.814. The molecule has 4 nitrogen and oxygen atoms in total. The van der Waals surface area contributed by atoms with E-state index in [9.17, 15) is 9.18 Å². The summed E-state index contributed by atoms with van der Waals surface area (Å²) in [5.74, 6) is -1.66. The van der Waals surface area contributed by atoms with Crippen LogP contribution in [0, 0.1) is 17.1 Å². The predicted octanol–water partition coefficient (Wildman–Crippen LogP) is 2.50. The van der Waals surface area contributed by atoms with Crippen molar-refractivity contribution < 1.29 is 19.0 Å². The summed E-state index contributed by atoms with van der Waals surface area (Å²) in [6.07, 6.45) is 1.76. The zero-order valence-corrected chi connectivity index (χ0v) is 9.81. The predicted molar refractivity (Wildman–Crippen MR) is 62.6 cm³/mol. The topological polar surface area (TPSA) is 70.3 Å². The van der Waals surface area contributed by atoms with Crippen molar-refractivity contribution in [1.29, 1.82) is 5.26 Å². The second-order valence-corrected chi connectivity index (χ2v) is 3.46. The molecule has 0 saturated heterocycles. The third kappa shape index (κ3) is 3.59. The summed E-state index contributed by atoms with van der Waals surface area (Å²) in [5.41, 5.74) is 0.416. The van der Waals surface area contributed by atoms with Gasteiger partial charge in [0.05, 0.1) is 11.6 Å². The van der Waals surface area contributed by atoms with Crippen LogP contribution >= 0.6 is 0 Å². The van der Waals surface area contributed by atoms with Crippen LogP contribution in [-0.2, 0) is 4.79 Å². The molecule has 94 valence electrons. The van der Waals surface area contributed by atoms with Crippen molar-refractivity contribution >= 4 is 5.97 Å². The molecule has 0 amide bonds. The highest BCUT2D eigenvalue weighted by Gasteiger charge is 2.06. The van der Waals surface area contributed by atoms with E-state index in [-0.39, 0.29) is 23.5 Å². The molecule has 0 saturated carbocycles. The molecule has 5 heteroatoms. The van der Waals surface area contributed by atoms with E-state index in [0.29, 0.717) is 6.42 Å². The first-order valence-corrected chi connectivity index (χ1v) is 5.33. The number of benzene rings is 1. The number of nitriles is 1. The SMILES string of the molecule is CC/C(=C/COc1ccc(C#N)cc1F)C(=O)O. The summed E-state index contributed by atoms with van der Waals surface area (Å²) in [4.78, 5) is 10.7. The number of ether oxygens (including phenoxy) is 1. The average molecular weight is 249 g/mol. The number of rotatable bonds is 5. The van der Waals surface area contributed by atoms with Crippen molar-refractivity contribution in [3.63, 3.8) is 0 Å². The Morgan fingerprint density at radius 1 is 1.61 bits per heavy atom. The van der Waals surface area contributed by atoms with Gasteiger partial charge in [0.1, 0.15) is 6.61 Å². The number of hydrogen-bond acceptors (Lipinski definition) is 3. The Hall–Kier alpha value is -2.35. The van der Waals surface area contributed by atoms with Gasteiger partial charge in [0.15, 0.2) is 11.6 Å². The van der Waals surface area contributed by atoms with Gasteiger partial charge in [-0.3, -0.25) is 0 Å². The van der Waals surface area contributed by atoms with Crippen molar-refractivity contribution in [3.8, 4) is 11.8 Å². The molecule has 1 aromatic rings. The molecule has 0 bridgehead atoms. The Bertz CT molecular complexity index is 517. The zero-order chi connectivity index (χ0) is 13.5. The van der Waals surface area contributed by atoms with Crippen LogP contribution in [0.25, 0.3) is 0 Å². The van der Waals surface area contributed by atoms with Crippen LogP contribution in [0.4, 0.5) is 4.39 Å². The molecule has 1 N–H and O–H groups in total. The molecule has 0 aliphatic carbocycles. The van der Waals surface area contributed by atoms with E-state index >= 15 is 0 Å². The molecule has 18 heavy (non-hydrogen) atoms. The van der Waals surface area contributed by atoms with Crippen molar-refractivity contribution in [2.75, 3.05) is 6.61 Å². The summed E-state index contributed by atoms with van der Waals surface area (Å²) >= 11 is 0. The fraction of sp³-hybridized carbons (Fsp3) is 0.231. The van der Waals surface area contributed by atoms with Gasteiger partial charge in [-0.1, -0.05) is 6.92 Å². The third-order valence-corrected chi connectivity index (χ3v) is 2.29. The normalized spacial score (nSPS) is 10.8. The smallest absolute Gasteiger partial charge is 0.331 e. The minimum Gasteiger partial charge on any atom is -0.486 e. The summed E-state index contributed by atoms with van der Waals surface area (Å²) in [6.45, 7) is 1.68. The van der Waals surface area contributed by atoms with Gasteiger partial charge in [-0.25, -0.2) is 9.18 Å². The first kappa shape index (κ1) is 13.7. The van der Waals surface area contributed by atoms with Gasteiger partial charge in [0, 0.05) is 5.57 Å². The molecule has 0 spiro atoms. The summed E-state index contributed by atoms with van der Waals surface area (Å²) in [6, 6.07) is 5.65. The van der Waals surface area contributed by atoms with Crippen LogP contribution in [0.1, 0.15) is 18.9 Å². The second-order valence-electron chi connectivity index (χ2n) is 3.46. The highest BCUT2D eigenvalue weighted by Crippen LogP contribution is 2.18. The Morgan fingerprint density at radius 2 is 2.33 bits per heavy atom. The fourth-order valence-electron chi connectivity index (χ4n) is 1.30. The molecule has 0 aromatic heterocycles. The maximum atomic E-state index is 13.4. The number of aliphatic carboxylic acids is 1. The number of nitrogens with zero attached hydrogens (tertiary/aromatic N) is 1. The molecule has 0 heterocycles. The number of carboxylic acids is 1. The molecular formula is C13H12FNO3. The molecule has 0 fully saturated rings. The maximum absolute atomic E-state index is 13.4. The van der Waals surface area contributed by atoms with E-state index < -0.39 is 11.8 Å². The lowest BCUT2D eigenvalue weighted by molar-refractivity contribution is -0.132. The van der Waals surface area contributed by atoms with Crippen molar-refractivity contribution in [2.24, 2.45) is 0 Å². The zero-order valence-electron chi connectivity index (χ0n) is 9.81. The van der Waals surface area contributed by atoms with Crippen molar-refractivity contribution in [1.82, 2.24) is 0 Å². The summed E-state index contributed by atoms with van der Waals surface area (Å²) in [5, 5.41) is 17.3. The molecule has 0 aliphatic rings. The van der Waals surface area contributed by atoms with E-state index in [0.717, 1.165) is 6.07 Å². The monoisotopic (exact) mass is 249 g/mol. The van der Waals surface area contributed by atoms with Crippen molar-refractivity contribution in [2.45, 2.75) is 13.3 Å². The van der Waals surface area contributed by atoms with Crippen LogP contribution in [0.5, 0.6) is 5.75 Å². The Labute approximate surface area is 104 Å². The number of hydrogen-bond donors (Lipinski definition) is 1. The number of carboxylic acid groups (broad SMARTS) is 1. The first-order valence-electron chi connectivity index (χ1n) is 5.33. The molecule has 1 rings (SSSR count). The van der Waals surface area contributed by atoms with Gasteiger partial charge in [-0.05, 0) is 30.7 Å². The lowest BCUT2D eigenvalue weighted by Crippen LogP contribution is -2.03.